The van der Waals surface area contributed by atoms with Crippen LogP contribution in [0.15, 0.2) is 206 Å². The molecule has 0 aliphatic heterocycles. The Labute approximate surface area is 305 Å². The first-order chi connectivity index (χ1) is 25.8. The molecule has 0 aromatic heterocycles. The predicted octanol–water partition coefficient (Wildman–Crippen LogP) is 14.5. The topological polar surface area (TPSA) is 0 Å². The van der Waals surface area contributed by atoms with Gasteiger partial charge in [0.25, 0.3) is 0 Å². The van der Waals surface area contributed by atoms with Crippen molar-refractivity contribution in [2.75, 3.05) is 0 Å². The summed E-state index contributed by atoms with van der Waals surface area (Å²) in [5, 5.41) is 2.63. The zero-order chi connectivity index (χ0) is 34.4. The van der Waals surface area contributed by atoms with E-state index in [1.54, 1.807) is 0 Å². The first-order valence-electron chi connectivity index (χ1n) is 18.0. The van der Waals surface area contributed by atoms with Gasteiger partial charge >= 0.3 is 0 Å². The Kier molecular flexibility index (Phi) is 7.25. The molecule has 0 fully saturated rings. The molecule has 52 heavy (non-hydrogen) atoms. The third-order valence-electron chi connectivity index (χ3n) is 10.7. The molecule has 0 heteroatoms. The molecular formula is C52H34. The monoisotopic (exact) mass is 658 g/mol. The summed E-state index contributed by atoms with van der Waals surface area (Å²) >= 11 is 0. The second-order valence-corrected chi connectivity index (χ2v) is 13.7. The van der Waals surface area contributed by atoms with Crippen molar-refractivity contribution < 1.29 is 0 Å². The van der Waals surface area contributed by atoms with Gasteiger partial charge in [0, 0.05) is 0 Å². The number of fused-ring (bicyclic) bond motifs is 3. The van der Waals surface area contributed by atoms with Gasteiger partial charge in [0.2, 0.25) is 0 Å². The Balaban J connectivity index is 1.11. The summed E-state index contributed by atoms with van der Waals surface area (Å²) in [6, 6.07) is 75.4. The molecule has 9 aromatic carbocycles. The van der Waals surface area contributed by atoms with Crippen molar-refractivity contribution in [1.82, 2.24) is 0 Å². The molecule has 10 rings (SSSR count). The Morgan fingerprint density at radius 1 is 0.173 bits per heavy atom. The van der Waals surface area contributed by atoms with E-state index in [0.717, 1.165) is 0 Å². The van der Waals surface area contributed by atoms with Gasteiger partial charge in [-0.2, -0.15) is 0 Å². The molecule has 1 aliphatic carbocycles. The molecule has 9 aromatic rings. The van der Waals surface area contributed by atoms with Crippen molar-refractivity contribution in [2.45, 2.75) is 0 Å². The van der Waals surface area contributed by atoms with E-state index in [0.29, 0.717) is 0 Å². The van der Waals surface area contributed by atoms with Crippen LogP contribution in [0.2, 0.25) is 0 Å². The molecule has 0 saturated heterocycles. The Bertz CT molecular complexity index is 2590. The highest BCUT2D eigenvalue weighted by Gasteiger charge is 2.25. The highest BCUT2D eigenvalue weighted by molar-refractivity contribution is 6.20. The maximum atomic E-state index is 2.44. The number of rotatable bonds is 6. The summed E-state index contributed by atoms with van der Waals surface area (Å²) in [4.78, 5) is 0. The SMILES string of the molecule is c1ccc(-c2ccc(-c3cc4c(cc3-c3ccc(-c5ccccc5)cc3)-c3ccc(-c5ccc(-c6ccccc6)cc5)c5cccc-4c35)cc2)cc1. The van der Waals surface area contributed by atoms with Crippen LogP contribution >= 0.6 is 0 Å². The normalized spacial score (nSPS) is 11.5. The average Bonchev–Trinajstić information content (AvgIpc) is 3.55. The van der Waals surface area contributed by atoms with Crippen molar-refractivity contribution >= 4 is 10.8 Å². The van der Waals surface area contributed by atoms with E-state index >= 15 is 0 Å². The van der Waals surface area contributed by atoms with Crippen LogP contribution in [0, 0.1) is 0 Å². The lowest BCUT2D eigenvalue weighted by atomic mass is 9.88. The highest BCUT2D eigenvalue weighted by atomic mass is 14.3. The van der Waals surface area contributed by atoms with Gasteiger partial charge < -0.3 is 0 Å². The summed E-state index contributed by atoms with van der Waals surface area (Å²) in [6.07, 6.45) is 0. The molecule has 0 bridgehead atoms. The molecule has 0 spiro atoms. The average molecular weight is 659 g/mol. The van der Waals surface area contributed by atoms with Gasteiger partial charge in [0.15, 0.2) is 0 Å². The molecule has 1 aliphatic rings. The van der Waals surface area contributed by atoms with E-state index < -0.39 is 0 Å². The van der Waals surface area contributed by atoms with Gasteiger partial charge in [-0.25, -0.2) is 0 Å². The van der Waals surface area contributed by atoms with Crippen LogP contribution in [0.5, 0.6) is 0 Å². The minimum atomic E-state index is 1.21. The smallest absolute Gasteiger partial charge is 0.00201 e. The number of hydrogen-bond donors (Lipinski definition) is 0. The highest BCUT2D eigenvalue weighted by Crippen LogP contribution is 2.52. The van der Waals surface area contributed by atoms with Crippen molar-refractivity contribution in [1.29, 1.82) is 0 Å². The number of benzene rings is 9. The molecule has 0 N–H and O–H groups in total. The summed E-state index contributed by atoms with van der Waals surface area (Å²) in [5.74, 6) is 0. The fourth-order valence-electron chi connectivity index (χ4n) is 8.05. The van der Waals surface area contributed by atoms with E-state index in [9.17, 15) is 0 Å². The van der Waals surface area contributed by atoms with Gasteiger partial charge in [-0.1, -0.05) is 194 Å². The van der Waals surface area contributed by atoms with Crippen molar-refractivity contribution in [2.24, 2.45) is 0 Å². The van der Waals surface area contributed by atoms with Crippen LogP contribution < -0.4 is 0 Å². The molecule has 0 atom stereocenters. The van der Waals surface area contributed by atoms with Crippen LogP contribution in [0.1, 0.15) is 0 Å². The summed E-state index contributed by atoms with van der Waals surface area (Å²) in [5.41, 5.74) is 20.0. The van der Waals surface area contributed by atoms with E-state index in [4.69, 9.17) is 0 Å². The quantitative estimate of drug-likeness (QED) is 0.167. The van der Waals surface area contributed by atoms with Gasteiger partial charge in [-0.05, 0) is 112 Å². The standard InChI is InChI=1S/C52H34/c1-4-11-35(12-5-1)38-19-25-41(26-20-38)44-31-32-47-51-34-49(43-29-23-40(24-30-43)37-15-8-3-9-16-37)48(33-50(51)46-18-10-17-45(44)52(46)47)42-27-21-39(22-28-42)36-13-6-2-7-14-36/h1-34H. The Morgan fingerprint density at radius 3 is 0.923 bits per heavy atom. The van der Waals surface area contributed by atoms with E-state index in [2.05, 4.69) is 206 Å². The van der Waals surface area contributed by atoms with Crippen LogP contribution in [0.3, 0.4) is 0 Å². The van der Waals surface area contributed by atoms with Gasteiger partial charge in [-0.15, -0.1) is 0 Å². The maximum absolute atomic E-state index is 2.44. The molecule has 0 unspecified atom stereocenters. The van der Waals surface area contributed by atoms with Crippen molar-refractivity contribution in [3.8, 4) is 89.0 Å². The second-order valence-electron chi connectivity index (χ2n) is 13.7. The zero-order valence-corrected chi connectivity index (χ0v) is 28.6. The van der Waals surface area contributed by atoms with Crippen LogP contribution in [-0.4, -0.2) is 0 Å². The summed E-state index contributed by atoms with van der Waals surface area (Å²) < 4.78 is 0. The van der Waals surface area contributed by atoms with Gasteiger partial charge in [0.1, 0.15) is 0 Å². The minimum Gasteiger partial charge on any atom is -0.0622 e. The molecule has 0 saturated carbocycles. The van der Waals surface area contributed by atoms with Crippen LogP contribution in [0.25, 0.3) is 99.8 Å². The fourth-order valence-corrected chi connectivity index (χ4v) is 8.05. The van der Waals surface area contributed by atoms with Crippen LogP contribution in [0.4, 0.5) is 0 Å². The lowest BCUT2D eigenvalue weighted by molar-refractivity contribution is 1.56. The Hall–Kier alpha value is -6.76. The first-order valence-corrected chi connectivity index (χ1v) is 18.0. The third-order valence-corrected chi connectivity index (χ3v) is 10.7. The number of hydrogen-bond acceptors (Lipinski definition) is 0. The molecule has 0 nitrogen and oxygen atoms in total. The molecule has 0 radical (unpaired) electrons. The molecule has 242 valence electrons. The van der Waals surface area contributed by atoms with E-state index in [-0.39, 0.29) is 0 Å². The minimum absolute atomic E-state index is 1.21. The largest absolute Gasteiger partial charge is 0.0622 e. The van der Waals surface area contributed by atoms with E-state index in [1.807, 2.05) is 0 Å². The summed E-state index contributed by atoms with van der Waals surface area (Å²) in [7, 11) is 0. The molecule has 0 heterocycles. The molecular weight excluding hydrogens is 625 g/mol. The third kappa shape index (κ3) is 5.16. The lowest BCUT2D eigenvalue weighted by Gasteiger charge is -2.16. The maximum Gasteiger partial charge on any atom is -0.00201 e. The van der Waals surface area contributed by atoms with Crippen molar-refractivity contribution in [3.63, 3.8) is 0 Å². The van der Waals surface area contributed by atoms with E-state index in [1.165, 1.54) is 99.8 Å². The zero-order valence-electron chi connectivity index (χ0n) is 28.6. The van der Waals surface area contributed by atoms with Gasteiger partial charge in [-0.3, -0.25) is 0 Å². The first kappa shape index (κ1) is 30.1. The summed E-state index contributed by atoms with van der Waals surface area (Å²) in [6.45, 7) is 0. The second kappa shape index (κ2) is 12.5. The fraction of sp³-hybridized carbons (Fsp3) is 0. The lowest BCUT2D eigenvalue weighted by Crippen LogP contribution is -1.90. The predicted molar refractivity (Wildman–Crippen MR) is 221 cm³/mol. The molecule has 0 amide bonds. The van der Waals surface area contributed by atoms with Crippen molar-refractivity contribution in [3.05, 3.63) is 206 Å². The van der Waals surface area contributed by atoms with Gasteiger partial charge in [0.05, 0.1) is 0 Å². The van der Waals surface area contributed by atoms with Crippen LogP contribution in [-0.2, 0) is 0 Å². The Morgan fingerprint density at radius 2 is 0.500 bits per heavy atom.